The normalized spacial score (nSPS) is 12.7. The number of nitrogens with two attached hydrogens (primary N) is 1. The van der Waals surface area contributed by atoms with E-state index in [1.54, 1.807) is 6.92 Å². The average molecular weight is 604 g/mol. The zero-order valence-corrected chi connectivity index (χ0v) is 29.8. The fourth-order valence-electron chi connectivity index (χ4n) is 5.38. The van der Waals surface area contributed by atoms with Crippen molar-refractivity contribution in [3.05, 3.63) is 0 Å². The molecule has 0 bridgehead atoms. The van der Waals surface area contributed by atoms with Gasteiger partial charge in [0.05, 0.1) is 19.7 Å². The van der Waals surface area contributed by atoms with Gasteiger partial charge in [-0.05, 0) is 32.6 Å². The van der Waals surface area contributed by atoms with Gasteiger partial charge in [-0.3, -0.25) is 0 Å². The number of rotatable bonds is 33. The smallest absolute Gasteiger partial charge is 0.134 e. The molecule has 0 aromatic heterocycles. The molecule has 0 saturated heterocycles. The van der Waals surface area contributed by atoms with E-state index in [0.29, 0.717) is 0 Å². The lowest BCUT2D eigenvalue weighted by molar-refractivity contribution is -0.655. The van der Waals surface area contributed by atoms with Gasteiger partial charge in [-0.2, -0.15) is 0 Å². The van der Waals surface area contributed by atoms with E-state index in [-0.39, 0.29) is 12.8 Å². The van der Waals surface area contributed by atoms with Gasteiger partial charge in [-0.15, -0.1) is 0 Å². The zero-order chi connectivity index (χ0) is 30.5. The molecule has 0 rings (SSSR count). The zero-order valence-electron chi connectivity index (χ0n) is 28.9. The highest BCUT2D eigenvalue weighted by Crippen LogP contribution is 2.37. The molecule has 2 N–H and O–H groups in total. The van der Waals surface area contributed by atoms with Gasteiger partial charge in [-0.25, -0.2) is 0 Å². The first-order chi connectivity index (χ1) is 20.0. The summed E-state index contributed by atoms with van der Waals surface area (Å²) in [6.45, 7) is 11.5. The molecule has 0 aromatic rings. The molecular formula is C36H78NO3P. The molecule has 0 heterocycles. The lowest BCUT2D eigenvalue weighted by Gasteiger charge is -2.22. The molecule has 250 valence electrons. The molecular weight excluding hydrogens is 525 g/mol. The standard InChI is InChI=1S/C18H39N.C18H39O3P/c1-3-5-7-8-9-10-11-12-13-14-15-16-18-19-17-6-4-2;1-3-5-6-7-8-9-10-11-12-13-14-15-16-17-18-22(19,20)21-4-2/h19H,3-18H2,1-2H3;3-18H2,1-2H3,(H,19,20). The third-order valence-electron chi connectivity index (χ3n) is 8.13. The Bertz CT molecular complexity index is 487. The number of hydrogen-bond donors (Lipinski definition) is 1. The van der Waals surface area contributed by atoms with E-state index in [4.69, 9.17) is 4.52 Å². The minimum atomic E-state index is -3.53. The number of quaternary nitrogens is 1. The van der Waals surface area contributed by atoms with Crippen LogP contribution in [0.2, 0.25) is 0 Å². The fraction of sp³-hybridized carbons (Fsp3) is 1.00. The molecule has 0 radical (unpaired) electrons. The van der Waals surface area contributed by atoms with Crippen LogP contribution in [0.4, 0.5) is 0 Å². The molecule has 0 aliphatic carbocycles. The van der Waals surface area contributed by atoms with Crippen molar-refractivity contribution in [2.75, 3.05) is 25.9 Å². The molecule has 0 aliphatic rings. The lowest BCUT2D eigenvalue weighted by Crippen LogP contribution is -2.84. The van der Waals surface area contributed by atoms with Gasteiger partial charge in [0.2, 0.25) is 0 Å². The van der Waals surface area contributed by atoms with Crippen molar-refractivity contribution in [2.24, 2.45) is 0 Å². The van der Waals surface area contributed by atoms with Gasteiger partial charge < -0.3 is 19.3 Å². The minimum absolute atomic E-state index is 0.207. The largest absolute Gasteiger partial charge is 0.778 e. The van der Waals surface area contributed by atoms with E-state index >= 15 is 0 Å². The number of hydrogen-bond acceptors (Lipinski definition) is 3. The van der Waals surface area contributed by atoms with Crippen molar-refractivity contribution in [1.29, 1.82) is 0 Å². The van der Waals surface area contributed by atoms with Gasteiger partial charge in [0.1, 0.15) is 7.60 Å². The summed E-state index contributed by atoms with van der Waals surface area (Å²) in [5, 5.41) is 2.50. The summed E-state index contributed by atoms with van der Waals surface area (Å²) >= 11 is 0. The maximum absolute atomic E-state index is 11.4. The minimum Gasteiger partial charge on any atom is -0.778 e. The Kier molecular flexibility index (Phi) is 40.2. The maximum Gasteiger partial charge on any atom is 0.134 e. The van der Waals surface area contributed by atoms with Crippen LogP contribution in [0.1, 0.15) is 207 Å². The first kappa shape index (κ1) is 43.2. The third-order valence-corrected chi connectivity index (χ3v) is 9.65. The molecule has 1 atom stereocenters. The second kappa shape index (κ2) is 38.1. The summed E-state index contributed by atoms with van der Waals surface area (Å²) in [4.78, 5) is 11.4. The summed E-state index contributed by atoms with van der Waals surface area (Å²) in [7, 11) is -3.53. The van der Waals surface area contributed by atoms with Crippen LogP contribution in [-0.2, 0) is 9.09 Å². The first-order valence-corrected chi connectivity index (χ1v) is 20.5. The van der Waals surface area contributed by atoms with Crippen LogP contribution in [0.15, 0.2) is 0 Å². The lowest BCUT2D eigenvalue weighted by atomic mass is 10.0. The Balaban J connectivity index is 0. The van der Waals surface area contributed by atoms with Crippen LogP contribution < -0.4 is 10.2 Å². The highest BCUT2D eigenvalue weighted by molar-refractivity contribution is 7.51. The molecule has 41 heavy (non-hydrogen) atoms. The van der Waals surface area contributed by atoms with E-state index in [2.05, 4.69) is 26.1 Å². The van der Waals surface area contributed by atoms with Crippen LogP contribution in [0.5, 0.6) is 0 Å². The van der Waals surface area contributed by atoms with E-state index in [0.717, 1.165) is 19.3 Å². The third kappa shape index (κ3) is 42.3. The quantitative estimate of drug-likeness (QED) is 0.0599. The summed E-state index contributed by atoms with van der Waals surface area (Å²) < 4.78 is 16.1. The van der Waals surface area contributed by atoms with Gasteiger partial charge in [-0.1, -0.05) is 175 Å². The predicted octanol–water partition coefficient (Wildman–Crippen LogP) is 11.1. The Labute approximate surface area is 259 Å². The van der Waals surface area contributed by atoms with Gasteiger partial charge >= 0.3 is 0 Å². The van der Waals surface area contributed by atoms with Crippen LogP contribution in [-0.4, -0.2) is 25.9 Å². The first-order valence-electron chi connectivity index (χ1n) is 18.8. The SMILES string of the molecule is CCCCCCCCCCCCCCCCP(=O)([O-])OCC.CCCCCCCCCCCCCC[NH2+]CCCC. The van der Waals surface area contributed by atoms with Gasteiger partial charge in [0, 0.05) is 6.16 Å². The van der Waals surface area contributed by atoms with Crippen molar-refractivity contribution in [1.82, 2.24) is 0 Å². The molecule has 0 spiro atoms. The highest BCUT2D eigenvalue weighted by atomic mass is 31.2. The maximum atomic E-state index is 11.4. The summed E-state index contributed by atoms with van der Waals surface area (Å²) in [5.41, 5.74) is 0. The second-order valence-corrected chi connectivity index (χ2v) is 14.4. The second-order valence-electron chi connectivity index (χ2n) is 12.5. The van der Waals surface area contributed by atoms with Crippen LogP contribution in [0, 0.1) is 0 Å². The van der Waals surface area contributed by atoms with Crippen molar-refractivity contribution in [3.8, 4) is 0 Å². The Morgan fingerprint density at radius 1 is 0.439 bits per heavy atom. The fourth-order valence-corrected chi connectivity index (χ4v) is 6.52. The van der Waals surface area contributed by atoms with E-state index in [1.807, 2.05) is 0 Å². The van der Waals surface area contributed by atoms with E-state index in [1.165, 1.54) is 174 Å². The van der Waals surface area contributed by atoms with E-state index in [9.17, 15) is 9.46 Å². The summed E-state index contributed by atoms with van der Waals surface area (Å²) in [6, 6.07) is 0. The van der Waals surface area contributed by atoms with Crippen LogP contribution >= 0.6 is 7.60 Å². The van der Waals surface area contributed by atoms with Gasteiger partial charge in [0.15, 0.2) is 0 Å². The highest BCUT2D eigenvalue weighted by Gasteiger charge is 2.06. The topological polar surface area (TPSA) is 66.0 Å². The summed E-state index contributed by atoms with van der Waals surface area (Å²) in [5.74, 6) is 0. The van der Waals surface area contributed by atoms with Gasteiger partial charge in [0.25, 0.3) is 0 Å². The molecule has 0 saturated carbocycles. The van der Waals surface area contributed by atoms with Crippen molar-refractivity contribution >= 4 is 7.60 Å². The van der Waals surface area contributed by atoms with Crippen molar-refractivity contribution < 1.29 is 19.3 Å². The molecule has 0 fully saturated rings. The number of unbranched alkanes of at least 4 members (excludes halogenated alkanes) is 25. The predicted molar refractivity (Wildman–Crippen MR) is 182 cm³/mol. The average Bonchev–Trinajstić information content (AvgIpc) is 2.95. The Morgan fingerprint density at radius 3 is 1.07 bits per heavy atom. The van der Waals surface area contributed by atoms with Crippen molar-refractivity contribution in [3.63, 3.8) is 0 Å². The van der Waals surface area contributed by atoms with E-state index < -0.39 is 7.60 Å². The molecule has 0 amide bonds. The van der Waals surface area contributed by atoms with Crippen LogP contribution in [0.3, 0.4) is 0 Å². The van der Waals surface area contributed by atoms with Crippen molar-refractivity contribution in [2.45, 2.75) is 207 Å². The Hall–Kier alpha value is 0.110. The molecule has 0 aromatic carbocycles. The molecule has 0 aliphatic heterocycles. The Morgan fingerprint density at radius 2 is 0.732 bits per heavy atom. The van der Waals surface area contributed by atoms with Crippen LogP contribution in [0.25, 0.3) is 0 Å². The molecule has 5 heteroatoms. The molecule has 4 nitrogen and oxygen atoms in total. The monoisotopic (exact) mass is 604 g/mol. The molecule has 1 unspecified atom stereocenters. The summed E-state index contributed by atoms with van der Waals surface area (Å²) in [6.07, 6.45) is 38.4.